The monoisotopic (exact) mass is 382 g/mol. The molecule has 138 valence electrons. The molecule has 0 spiro atoms. The van der Waals surface area contributed by atoms with Gasteiger partial charge in [0.1, 0.15) is 5.25 Å². The highest BCUT2D eigenvalue weighted by atomic mass is 32.2. The lowest BCUT2D eigenvalue weighted by atomic mass is 10.1. The van der Waals surface area contributed by atoms with Gasteiger partial charge >= 0.3 is 6.03 Å². The van der Waals surface area contributed by atoms with Crippen LogP contribution in [0.3, 0.4) is 0 Å². The molecule has 1 heterocycles. The highest BCUT2D eigenvalue weighted by Gasteiger charge is 2.26. The van der Waals surface area contributed by atoms with Gasteiger partial charge in [-0.25, -0.2) is 4.79 Å². The third-order valence-corrected chi connectivity index (χ3v) is 5.00. The number of carbonyl (C=O) groups excluding carboxylic acids is 2. The molecule has 0 aliphatic rings. The fourth-order valence-corrected chi connectivity index (χ4v) is 3.44. The molecule has 1 atom stereocenters. The Bertz CT molecular complexity index is 944. The number of thioether (sulfide) groups is 1. The lowest BCUT2D eigenvalue weighted by Crippen LogP contribution is -2.39. The number of amides is 3. The maximum absolute atomic E-state index is 12.7. The Balaban J connectivity index is 1.94. The second kappa shape index (κ2) is 8.45. The van der Waals surface area contributed by atoms with Crippen LogP contribution in [0.25, 0.3) is 5.69 Å². The minimum atomic E-state index is -0.697. The van der Waals surface area contributed by atoms with Crippen LogP contribution in [0.4, 0.5) is 4.79 Å². The first-order chi connectivity index (χ1) is 13.1. The normalized spacial score (nSPS) is 11.6. The number of aromatic nitrogens is 4. The predicted molar refractivity (Wildman–Crippen MR) is 102 cm³/mol. The molecule has 2 aromatic carbocycles. The number of imide groups is 1. The van der Waals surface area contributed by atoms with Crippen LogP contribution in [0.1, 0.15) is 16.4 Å². The predicted octanol–water partition coefficient (Wildman–Crippen LogP) is 2.26. The average Bonchev–Trinajstić information content (AvgIpc) is 3.15. The Morgan fingerprint density at radius 2 is 1.78 bits per heavy atom. The maximum Gasteiger partial charge on any atom is 0.321 e. The van der Waals surface area contributed by atoms with Crippen LogP contribution in [0.2, 0.25) is 0 Å². The van der Waals surface area contributed by atoms with Crippen molar-refractivity contribution in [3.63, 3.8) is 0 Å². The van der Waals surface area contributed by atoms with Gasteiger partial charge in [0.15, 0.2) is 0 Å². The standard InChI is InChI=1S/C18H18N6O2S/c1-12-8-6-7-11-14(12)24-18(21-22-23-24)27-15(13-9-4-3-5-10-13)16(25)20-17(26)19-2/h3-11,15H,1-2H3,(H2,19,20,25,26)/t15-/m1/s1. The van der Waals surface area contributed by atoms with Gasteiger partial charge in [0, 0.05) is 7.05 Å². The van der Waals surface area contributed by atoms with Crippen LogP contribution in [-0.4, -0.2) is 39.2 Å². The fourth-order valence-electron chi connectivity index (χ4n) is 2.45. The summed E-state index contributed by atoms with van der Waals surface area (Å²) in [4.78, 5) is 24.3. The van der Waals surface area contributed by atoms with E-state index in [0.717, 1.165) is 16.8 Å². The molecule has 2 N–H and O–H groups in total. The number of urea groups is 1. The number of para-hydroxylation sites is 1. The van der Waals surface area contributed by atoms with Crippen molar-refractivity contribution >= 4 is 23.7 Å². The van der Waals surface area contributed by atoms with E-state index in [1.54, 1.807) is 4.68 Å². The Morgan fingerprint density at radius 3 is 2.48 bits per heavy atom. The van der Waals surface area contributed by atoms with Crippen molar-refractivity contribution in [2.75, 3.05) is 7.05 Å². The van der Waals surface area contributed by atoms with E-state index in [0.29, 0.717) is 5.16 Å². The Labute approximate surface area is 160 Å². The zero-order chi connectivity index (χ0) is 19.2. The number of tetrazole rings is 1. The molecule has 0 unspecified atom stereocenters. The first-order valence-corrected chi connectivity index (χ1v) is 9.06. The van der Waals surface area contributed by atoms with E-state index in [2.05, 4.69) is 26.2 Å². The number of benzene rings is 2. The first kappa shape index (κ1) is 18.6. The first-order valence-electron chi connectivity index (χ1n) is 8.18. The smallest absolute Gasteiger partial charge is 0.321 e. The van der Waals surface area contributed by atoms with E-state index in [4.69, 9.17) is 0 Å². The molecule has 3 amide bonds. The quantitative estimate of drug-likeness (QED) is 0.657. The van der Waals surface area contributed by atoms with Gasteiger partial charge in [-0.1, -0.05) is 60.3 Å². The van der Waals surface area contributed by atoms with E-state index < -0.39 is 17.2 Å². The van der Waals surface area contributed by atoms with E-state index in [9.17, 15) is 9.59 Å². The third-order valence-electron chi connectivity index (χ3n) is 3.81. The second-order valence-corrected chi connectivity index (χ2v) is 6.71. The maximum atomic E-state index is 12.7. The van der Waals surface area contributed by atoms with E-state index in [1.165, 1.54) is 18.8 Å². The summed E-state index contributed by atoms with van der Waals surface area (Å²) in [6.45, 7) is 1.96. The molecule has 0 bridgehead atoms. The van der Waals surface area contributed by atoms with Crippen LogP contribution in [0, 0.1) is 6.92 Å². The molecular weight excluding hydrogens is 364 g/mol. The van der Waals surface area contributed by atoms with Gasteiger partial charge in [0.25, 0.3) is 0 Å². The number of rotatable bonds is 5. The number of nitrogens with one attached hydrogen (secondary N) is 2. The molecule has 0 saturated heterocycles. The molecule has 1 aromatic heterocycles. The van der Waals surface area contributed by atoms with Crippen molar-refractivity contribution < 1.29 is 9.59 Å². The van der Waals surface area contributed by atoms with Crippen molar-refractivity contribution in [1.82, 2.24) is 30.8 Å². The fraction of sp³-hybridized carbons (Fsp3) is 0.167. The number of carbonyl (C=O) groups is 2. The van der Waals surface area contributed by atoms with Gasteiger partial charge in [-0.05, 0) is 34.5 Å². The van der Waals surface area contributed by atoms with Crippen LogP contribution in [0.5, 0.6) is 0 Å². The SMILES string of the molecule is CNC(=O)NC(=O)[C@H](Sc1nnnn1-c1ccccc1C)c1ccccc1. The van der Waals surface area contributed by atoms with E-state index in [-0.39, 0.29) is 0 Å². The van der Waals surface area contributed by atoms with Gasteiger partial charge in [0.05, 0.1) is 5.69 Å². The van der Waals surface area contributed by atoms with Gasteiger partial charge in [-0.2, -0.15) is 4.68 Å². The topological polar surface area (TPSA) is 102 Å². The third kappa shape index (κ3) is 4.32. The highest BCUT2D eigenvalue weighted by molar-refractivity contribution is 8.00. The molecule has 0 fully saturated rings. The van der Waals surface area contributed by atoms with E-state index in [1.807, 2.05) is 61.5 Å². The summed E-state index contributed by atoms with van der Waals surface area (Å²) in [6, 6.07) is 16.3. The molecule has 3 rings (SSSR count). The summed E-state index contributed by atoms with van der Waals surface area (Å²) in [5.74, 6) is -0.454. The van der Waals surface area contributed by atoms with Crippen LogP contribution in [-0.2, 0) is 4.79 Å². The Morgan fingerprint density at radius 1 is 1.07 bits per heavy atom. The lowest BCUT2D eigenvalue weighted by molar-refractivity contribution is -0.119. The second-order valence-electron chi connectivity index (χ2n) is 5.64. The molecule has 0 aliphatic carbocycles. The summed E-state index contributed by atoms with van der Waals surface area (Å²) in [7, 11) is 1.45. The van der Waals surface area contributed by atoms with Crippen molar-refractivity contribution in [1.29, 1.82) is 0 Å². The van der Waals surface area contributed by atoms with Crippen LogP contribution in [0.15, 0.2) is 59.8 Å². The number of aryl methyl sites for hydroxylation is 1. The van der Waals surface area contributed by atoms with Crippen LogP contribution >= 0.6 is 11.8 Å². The Kier molecular flexibility index (Phi) is 5.82. The van der Waals surface area contributed by atoms with Gasteiger partial charge in [0.2, 0.25) is 11.1 Å². The van der Waals surface area contributed by atoms with Crippen molar-refractivity contribution in [2.24, 2.45) is 0 Å². The van der Waals surface area contributed by atoms with Gasteiger partial charge in [-0.3, -0.25) is 10.1 Å². The zero-order valence-corrected chi connectivity index (χ0v) is 15.6. The molecule has 9 heteroatoms. The molecule has 3 aromatic rings. The van der Waals surface area contributed by atoms with Crippen LogP contribution < -0.4 is 10.6 Å². The summed E-state index contributed by atoms with van der Waals surface area (Å²) in [6.07, 6.45) is 0. The minimum Gasteiger partial charge on any atom is -0.341 e. The summed E-state index contributed by atoms with van der Waals surface area (Å²) in [5.41, 5.74) is 2.56. The minimum absolute atomic E-state index is 0.449. The molecule has 8 nitrogen and oxygen atoms in total. The number of nitrogens with zero attached hydrogens (tertiary/aromatic N) is 4. The number of hydrogen-bond donors (Lipinski definition) is 2. The summed E-state index contributed by atoms with van der Waals surface area (Å²) >= 11 is 1.17. The summed E-state index contributed by atoms with van der Waals surface area (Å²) < 4.78 is 1.59. The molecule has 0 aliphatic heterocycles. The molecule has 0 radical (unpaired) electrons. The van der Waals surface area contributed by atoms with E-state index >= 15 is 0 Å². The summed E-state index contributed by atoms with van der Waals surface area (Å²) in [5, 5.41) is 16.3. The number of hydrogen-bond acceptors (Lipinski definition) is 6. The lowest BCUT2D eigenvalue weighted by Gasteiger charge is -2.16. The molecule has 0 saturated carbocycles. The van der Waals surface area contributed by atoms with Crippen molar-refractivity contribution in [3.05, 3.63) is 65.7 Å². The van der Waals surface area contributed by atoms with Gasteiger partial charge in [-0.15, -0.1) is 5.10 Å². The van der Waals surface area contributed by atoms with Gasteiger partial charge < -0.3 is 5.32 Å². The Hall–Kier alpha value is -3.20. The van der Waals surface area contributed by atoms with Crippen molar-refractivity contribution in [2.45, 2.75) is 17.3 Å². The largest absolute Gasteiger partial charge is 0.341 e. The molecule has 27 heavy (non-hydrogen) atoms. The molecular formula is C18H18N6O2S. The average molecular weight is 382 g/mol. The van der Waals surface area contributed by atoms with Crippen molar-refractivity contribution in [3.8, 4) is 5.69 Å². The highest BCUT2D eigenvalue weighted by Crippen LogP contribution is 2.35. The zero-order valence-electron chi connectivity index (χ0n) is 14.8.